The van der Waals surface area contributed by atoms with E-state index in [-0.39, 0.29) is 16.8 Å². The van der Waals surface area contributed by atoms with Gasteiger partial charge in [0.25, 0.3) is 11.8 Å². The Morgan fingerprint density at radius 1 is 1.25 bits per heavy atom. The molecule has 1 fully saturated rings. The quantitative estimate of drug-likeness (QED) is 0.428. The van der Waals surface area contributed by atoms with E-state index in [1.165, 1.54) is 16.2 Å². The third kappa shape index (κ3) is 4.72. The van der Waals surface area contributed by atoms with Crippen LogP contribution in [0.2, 0.25) is 10.0 Å². The predicted molar refractivity (Wildman–Crippen MR) is 134 cm³/mol. The summed E-state index contributed by atoms with van der Waals surface area (Å²) in [6.07, 6.45) is 5.28. The molecule has 6 nitrogen and oxygen atoms in total. The second-order valence-corrected chi connectivity index (χ2v) is 10.9. The van der Waals surface area contributed by atoms with E-state index in [1.54, 1.807) is 24.3 Å². The standard InChI is InChI=1S/C21H17Cl2N3O3S3/c22-11-6-5-10(13(23)8-11)7-15-20(29)26(21(30)32-15)9-16(27)25-19-17(18(24)28)12-3-1-2-4-14(12)31-19/h5-8H,1-4,9H2,(H2,24,28)(H,25,27)/b15-7-. The van der Waals surface area contributed by atoms with Crippen LogP contribution in [0.4, 0.5) is 5.00 Å². The average Bonchev–Trinajstić information content (AvgIpc) is 3.22. The third-order valence-corrected chi connectivity index (χ3v) is 8.24. The number of halogens is 2. The van der Waals surface area contributed by atoms with E-state index in [1.807, 2.05) is 0 Å². The normalized spacial score (nSPS) is 17.1. The fourth-order valence-electron chi connectivity index (χ4n) is 3.62. The summed E-state index contributed by atoms with van der Waals surface area (Å²) in [7, 11) is 0. The van der Waals surface area contributed by atoms with Crippen LogP contribution in [0.15, 0.2) is 23.1 Å². The van der Waals surface area contributed by atoms with Crippen molar-refractivity contribution in [3.05, 3.63) is 54.7 Å². The van der Waals surface area contributed by atoms with Crippen molar-refractivity contribution in [3.63, 3.8) is 0 Å². The number of carbonyl (C=O) groups is 3. The number of hydrogen-bond acceptors (Lipinski definition) is 6. The number of thiophene rings is 1. The Kier molecular flexibility index (Phi) is 6.92. The molecule has 32 heavy (non-hydrogen) atoms. The zero-order valence-electron chi connectivity index (χ0n) is 16.6. The summed E-state index contributed by atoms with van der Waals surface area (Å²) in [6.45, 7) is -0.267. The number of anilines is 1. The first-order chi connectivity index (χ1) is 15.2. The second-order valence-electron chi connectivity index (χ2n) is 7.26. The van der Waals surface area contributed by atoms with Crippen molar-refractivity contribution in [1.29, 1.82) is 0 Å². The molecule has 2 heterocycles. The van der Waals surface area contributed by atoms with Gasteiger partial charge in [0, 0.05) is 14.9 Å². The molecule has 1 aliphatic carbocycles. The van der Waals surface area contributed by atoms with E-state index in [0.717, 1.165) is 47.9 Å². The van der Waals surface area contributed by atoms with Crippen molar-refractivity contribution in [2.24, 2.45) is 5.73 Å². The van der Waals surface area contributed by atoms with Crippen LogP contribution >= 0.6 is 58.5 Å². The molecule has 0 bridgehead atoms. The summed E-state index contributed by atoms with van der Waals surface area (Å²) in [5, 5.41) is 4.08. The zero-order valence-corrected chi connectivity index (χ0v) is 20.5. The number of thioether (sulfide) groups is 1. The number of nitrogens with zero attached hydrogens (tertiary/aromatic N) is 1. The molecular formula is C21H17Cl2N3O3S3. The van der Waals surface area contributed by atoms with Gasteiger partial charge in [0.15, 0.2) is 0 Å². The maximum absolute atomic E-state index is 12.8. The molecule has 1 saturated heterocycles. The van der Waals surface area contributed by atoms with E-state index in [2.05, 4.69) is 5.32 Å². The highest BCUT2D eigenvalue weighted by molar-refractivity contribution is 8.26. The van der Waals surface area contributed by atoms with Crippen LogP contribution in [-0.2, 0) is 22.4 Å². The van der Waals surface area contributed by atoms with Crippen LogP contribution in [0.1, 0.15) is 39.2 Å². The largest absolute Gasteiger partial charge is 0.365 e. The highest BCUT2D eigenvalue weighted by atomic mass is 35.5. The number of nitrogens with two attached hydrogens (primary N) is 1. The van der Waals surface area contributed by atoms with Gasteiger partial charge in [-0.1, -0.05) is 53.2 Å². The molecule has 2 aromatic rings. The minimum absolute atomic E-state index is 0.266. The molecule has 0 unspecified atom stereocenters. The number of fused-ring (bicyclic) bond motifs is 1. The average molecular weight is 526 g/mol. The minimum atomic E-state index is -0.562. The van der Waals surface area contributed by atoms with Crippen LogP contribution in [0.3, 0.4) is 0 Å². The van der Waals surface area contributed by atoms with Crippen LogP contribution in [0.25, 0.3) is 6.08 Å². The van der Waals surface area contributed by atoms with Crippen molar-refractivity contribution >= 4 is 91.6 Å². The number of nitrogens with one attached hydrogen (secondary N) is 1. The first-order valence-electron chi connectivity index (χ1n) is 9.69. The number of carbonyl (C=O) groups excluding carboxylic acids is 3. The summed E-state index contributed by atoms with van der Waals surface area (Å²) in [4.78, 5) is 40.3. The molecule has 3 amide bonds. The first kappa shape index (κ1) is 23.3. The van der Waals surface area contributed by atoms with E-state index < -0.39 is 11.8 Å². The lowest BCUT2D eigenvalue weighted by Crippen LogP contribution is -2.36. The molecular weight excluding hydrogens is 509 g/mol. The van der Waals surface area contributed by atoms with Crippen molar-refractivity contribution in [1.82, 2.24) is 4.90 Å². The van der Waals surface area contributed by atoms with Gasteiger partial charge in [-0.25, -0.2) is 0 Å². The second kappa shape index (κ2) is 9.52. The van der Waals surface area contributed by atoms with Crippen LogP contribution in [0, 0.1) is 0 Å². The Labute approximate surface area is 208 Å². The molecule has 0 spiro atoms. The number of amides is 3. The predicted octanol–water partition coefficient (Wildman–Crippen LogP) is 4.87. The van der Waals surface area contributed by atoms with Gasteiger partial charge in [0.2, 0.25) is 5.91 Å². The highest BCUT2D eigenvalue weighted by Crippen LogP contribution is 2.38. The Morgan fingerprint density at radius 3 is 2.72 bits per heavy atom. The van der Waals surface area contributed by atoms with Gasteiger partial charge >= 0.3 is 0 Å². The van der Waals surface area contributed by atoms with Gasteiger partial charge in [-0.05, 0) is 55.0 Å². The lowest BCUT2D eigenvalue weighted by molar-refractivity contribution is -0.126. The Hall–Kier alpha value is -1.91. The molecule has 0 atom stereocenters. The number of thiocarbonyl (C=S) groups is 1. The van der Waals surface area contributed by atoms with Gasteiger partial charge in [0.05, 0.1) is 10.5 Å². The number of primary amides is 1. The number of aryl methyl sites for hydroxylation is 1. The summed E-state index contributed by atoms with van der Waals surface area (Å²) in [5.41, 5.74) is 7.51. The Balaban J connectivity index is 1.50. The topological polar surface area (TPSA) is 92.5 Å². The summed E-state index contributed by atoms with van der Waals surface area (Å²) in [6, 6.07) is 4.96. The van der Waals surface area contributed by atoms with Crippen LogP contribution in [-0.4, -0.2) is 33.5 Å². The van der Waals surface area contributed by atoms with Crippen molar-refractivity contribution < 1.29 is 14.4 Å². The van der Waals surface area contributed by atoms with Gasteiger partial charge in [-0.2, -0.15) is 0 Å². The lowest BCUT2D eigenvalue weighted by atomic mass is 9.95. The Morgan fingerprint density at radius 2 is 2.00 bits per heavy atom. The zero-order chi connectivity index (χ0) is 23.0. The summed E-state index contributed by atoms with van der Waals surface area (Å²) < 4.78 is 0.266. The van der Waals surface area contributed by atoms with E-state index in [0.29, 0.717) is 31.1 Å². The lowest BCUT2D eigenvalue weighted by Gasteiger charge is -2.14. The molecule has 166 valence electrons. The molecule has 2 aliphatic rings. The van der Waals surface area contributed by atoms with Crippen molar-refractivity contribution in [3.8, 4) is 0 Å². The van der Waals surface area contributed by atoms with Gasteiger partial charge in [-0.15, -0.1) is 11.3 Å². The molecule has 1 aromatic heterocycles. The third-order valence-electron chi connectivity index (χ3n) is 5.10. The van der Waals surface area contributed by atoms with Gasteiger partial charge in [0.1, 0.15) is 15.9 Å². The molecule has 11 heteroatoms. The minimum Gasteiger partial charge on any atom is -0.365 e. The van der Waals surface area contributed by atoms with Gasteiger partial charge < -0.3 is 11.1 Å². The van der Waals surface area contributed by atoms with Crippen molar-refractivity contribution in [2.45, 2.75) is 25.7 Å². The smallest absolute Gasteiger partial charge is 0.266 e. The summed E-state index contributed by atoms with van der Waals surface area (Å²) in [5.74, 6) is -1.40. The fourth-order valence-corrected chi connectivity index (χ4v) is 6.64. The van der Waals surface area contributed by atoms with E-state index in [9.17, 15) is 14.4 Å². The first-order valence-corrected chi connectivity index (χ1v) is 12.5. The van der Waals surface area contributed by atoms with E-state index >= 15 is 0 Å². The van der Waals surface area contributed by atoms with Crippen LogP contribution < -0.4 is 11.1 Å². The maximum Gasteiger partial charge on any atom is 0.266 e. The molecule has 0 saturated carbocycles. The van der Waals surface area contributed by atoms with Crippen molar-refractivity contribution in [2.75, 3.05) is 11.9 Å². The SMILES string of the molecule is NC(=O)c1c(NC(=O)CN2C(=O)/C(=C/c3ccc(Cl)cc3Cl)SC2=S)sc2c1CCCC2. The Bertz CT molecular complexity index is 1190. The van der Waals surface area contributed by atoms with Gasteiger partial charge in [-0.3, -0.25) is 19.3 Å². The highest BCUT2D eigenvalue weighted by Gasteiger charge is 2.34. The van der Waals surface area contributed by atoms with Crippen LogP contribution in [0.5, 0.6) is 0 Å². The maximum atomic E-state index is 12.8. The number of benzene rings is 1. The van der Waals surface area contributed by atoms with E-state index in [4.69, 9.17) is 41.2 Å². The molecule has 1 aliphatic heterocycles. The number of rotatable bonds is 5. The number of hydrogen-bond donors (Lipinski definition) is 2. The molecule has 3 N–H and O–H groups in total. The molecule has 1 aromatic carbocycles. The monoisotopic (exact) mass is 525 g/mol. The fraction of sp³-hybridized carbons (Fsp3) is 0.238. The summed E-state index contributed by atoms with van der Waals surface area (Å²) >= 11 is 19.9. The molecule has 4 rings (SSSR count). The molecule has 0 radical (unpaired) electrons.